The van der Waals surface area contributed by atoms with E-state index in [2.05, 4.69) is 10.2 Å². The molecule has 0 unspecified atom stereocenters. The van der Waals surface area contributed by atoms with Crippen molar-refractivity contribution in [3.05, 3.63) is 52.0 Å². The van der Waals surface area contributed by atoms with Crippen LogP contribution in [-0.2, 0) is 0 Å². The number of hydrogen-bond acceptors (Lipinski definition) is 3. The number of anilines is 3. The van der Waals surface area contributed by atoms with Gasteiger partial charge in [-0.3, -0.25) is 4.79 Å². The molecule has 2 aromatic carbocycles. The predicted octanol–water partition coefficient (Wildman–Crippen LogP) is 4.82. The van der Waals surface area contributed by atoms with Crippen LogP contribution < -0.4 is 16.0 Å². The van der Waals surface area contributed by atoms with Crippen molar-refractivity contribution in [3.63, 3.8) is 0 Å². The summed E-state index contributed by atoms with van der Waals surface area (Å²) in [5.74, 6) is -0.277. The normalized spacial score (nSPS) is 14.5. The summed E-state index contributed by atoms with van der Waals surface area (Å²) < 4.78 is 0. The maximum Gasteiger partial charge on any atom is 0.257 e. The fourth-order valence-corrected chi connectivity index (χ4v) is 3.42. The summed E-state index contributed by atoms with van der Waals surface area (Å²) in [7, 11) is 0. The van der Waals surface area contributed by atoms with E-state index in [0.717, 1.165) is 31.6 Å². The van der Waals surface area contributed by atoms with Crippen LogP contribution in [0, 0.1) is 0 Å². The van der Waals surface area contributed by atoms with Gasteiger partial charge in [-0.25, -0.2) is 0 Å². The highest BCUT2D eigenvalue weighted by atomic mass is 35.5. The Labute approximate surface area is 151 Å². The third-order valence-corrected chi connectivity index (χ3v) is 4.69. The number of nitrogens with two attached hydrogens (primary N) is 1. The van der Waals surface area contributed by atoms with E-state index in [9.17, 15) is 4.79 Å². The van der Waals surface area contributed by atoms with Gasteiger partial charge in [0.1, 0.15) is 0 Å². The summed E-state index contributed by atoms with van der Waals surface area (Å²) in [6.07, 6.45) is 3.55. The molecule has 3 rings (SSSR count). The second-order valence-electron chi connectivity index (χ2n) is 5.90. The molecule has 0 bridgehead atoms. The Morgan fingerprint density at radius 2 is 1.79 bits per heavy atom. The first-order valence-electron chi connectivity index (χ1n) is 7.95. The van der Waals surface area contributed by atoms with Crippen molar-refractivity contribution < 1.29 is 4.79 Å². The number of benzene rings is 2. The predicted molar refractivity (Wildman–Crippen MR) is 101 cm³/mol. The smallest absolute Gasteiger partial charge is 0.257 e. The number of hydrogen-bond donors (Lipinski definition) is 2. The summed E-state index contributed by atoms with van der Waals surface area (Å²) in [4.78, 5) is 14.9. The van der Waals surface area contributed by atoms with Gasteiger partial charge in [0.05, 0.1) is 22.0 Å². The van der Waals surface area contributed by atoms with Gasteiger partial charge in [-0.15, -0.1) is 0 Å². The van der Waals surface area contributed by atoms with Gasteiger partial charge in [0.2, 0.25) is 0 Å². The standard InChI is InChI=1S/C18H19Cl2N3O/c19-12-4-6-14(15(20)10-12)18(24)22-16-11-13(21)5-7-17(16)23-8-2-1-3-9-23/h4-7,10-11H,1-3,8-9,21H2,(H,22,24). The van der Waals surface area contributed by atoms with Gasteiger partial charge in [-0.05, 0) is 55.7 Å². The minimum Gasteiger partial charge on any atom is -0.399 e. The lowest BCUT2D eigenvalue weighted by atomic mass is 10.1. The molecule has 24 heavy (non-hydrogen) atoms. The van der Waals surface area contributed by atoms with Gasteiger partial charge >= 0.3 is 0 Å². The highest BCUT2D eigenvalue weighted by Gasteiger charge is 2.18. The zero-order valence-corrected chi connectivity index (χ0v) is 14.7. The van der Waals surface area contributed by atoms with E-state index in [1.165, 1.54) is 6.42 Å². The zero-order valence-electron chi connectivity index (χ0n) is 13.2. The van der Waals surface area contributed by atoms with Crippen LogP contribution in [0.4, 0.5) is 17.1 Å². The number of nitrogens with one attached hydrogen (secondary N) is 1. The van der Waals surface area contributed by atoms with Crippen LogP contribution in [0.2, 0.25) is 10.0 Å². The molecule has 1 heterocycles. The Morgan fingerprint density at radius 3 is 2.50 bits per heavy atom. The molecule has 0 spiro atoms. The van der Waals surface area contributed by atoms with E-state index >= 15 is 0 Å². The SMILES string of the molecule is Nc1ccc(N2CCCCC2)c(NC(=O)c2ccc(Cl)cc2Cl)c1. The molecule has 0 radical (unpaired) electrons. The lowest BCUT2D eigenvalue weighted by Gasteiger charge is -2.30. The number of nitrogen functional groups attached to an aromatic ring is 1. The van der Waals surface area contributed by atoms with E-state index in [1.54, 1.807) is 24.3 Å². The van der Waals surface area contributed by atoms with Crippen molar-refractivity contribution in [2.24, 2.45) is 0 Å². The molecule has 6 heteroatoms. The van der Waals surface area contributed by atoms with Gasteiger partial charge in [0.15, 0.2) is 0 Å². The van der Waals surface area contributed by atoms with E-state index in [4.69, 9.17) is 28.9 Å². The van der Waals surface area contributed by atoms with Crippen molar-refractivity contribution in [1.29, 1.82) is 0 Å². The van der Waals surface area contributed by atoms with E-state index in [-0.39, 0.29) is 5.91 Å². The maximum absolute atomic E-state index is 12.6. The average Bonchev–Trinajstić information content (AvgIpc) is 2.55. The molecule has 0 aromatic heterocycles. The summed E-state index contributed by atoms with van der Waals surface area (Å²) in [5.41, 5.74) is 8.59. The van der Waals surface area contributed by atoms with Crippen LogP contribution in [0.25, 0.3) is 0 Å². The molecule has 1 saturated heterocycles. The lowest BCUT2D eigenvalue weighted by molar-refractivity contribution is 0.102. The van der Waals surface area contributed by atoms with Gasteiger partial charge < -0.3 is 16.0 Å². The van der Waals surface area contributed by atoms with Gasteiger partial charge in [0.25, 0.3) is 5.91 Å². The Kier molecular flexibility index (Phi) is 5.17. The van der Waals surface area contributed by atoms with Crippen LogP contribution in [0.1, 0.15) is 29.6 Å². The lowest BCUT2D eigenvalue weighted by Crippen LogP contribution is -2.30. The molecule has 3 N–H and O–H groups in total. The molecule has 1 aliphatic heterocycles. The quantitative estimate of drug-likeness (QED) is 0.768. The second-order valence-corrected chi connectivity index (χ2v) is 6.75. The number of nitrogens with zero attached hydrogens (tertiary/aromatic N) is 1. The molecule has 4 nitrogen and oxygen atoms in total. The van der Waals surface area contributed by atoms with Gasteiger partial charge in [0, 0.05) is 23.8 Å². The fourth-order valence-electron chi connectivity index (χ4n) is 2.93. The van der Waals surface area contributed by atoms with E-state index in [1.807, 2.05) is 12.1 Å². The molecule has 0 saturated carbocycles. The van der Waals surface area contributed by atoms with Crippen molar-refractivity contribution in [3.8, 4) is 0 Å². The monoisotopic (exact) mass is 363 g/mol. The van der Waals surface area contributed by atoms with Crippen LogP contribution in [-0.4, -0.2) is 19.0 Å². The molecule has 0 atom stereocenters. The first kappa shape index (κ1) is 16.9. The Hall–Kier alpha value is -1.91. The number of piperidine rings is 1. The summed E-state index contributed by atoms with van der Waals surface area (Å²) in [5, 5.41) is 3.75. The average molecular weight is 364 g/mol. The largest absolute Gasteiger partial charge is 0.399 e. The Balaban J connectivity index is 1.88. The number of rotatable bonds is 3. The zero-order chi connectivity index (χ0) is 17.1. The highest BCUT2D eigenvalue weighted by molar-refractivity contribution is 6.37. The molecular formula is C18H19Cl2N3O. The molecule has 1 aliphatic rings. The second kappa shape index (κ2) is 7.32. The van der Waals surface area contributed by atoms with Gasteiger partial charge in [-0.2, -0.15) is 0 Å². The van der Waals surface area contributed by atoms with Crippen molar-refractivity contribution in [2.75, 3.05) is 29.0 Å². The van der Waals surface area contributed by atoms with E-state index < -0.39 is 0 Å². The van der Waals surface area contributed by atoms with Gasteiger partial charge in [-0.1, -0.05) is 23.2 Å². The summed E-state index contributed by atoms with van der Waals surface area (Å²) >= 11 is 12.0. The topological polar surface area (TPSA) is 58.4 Å². The van der Waals surface area contributed by atoms with Crippen LogP contribution in [0.3, 0.4) is 0 Å². The fraction of sp³-hybridized carbons (Fsp3) is 0.278. The highest BCUT2D eigenvalue weighted by Crippen LogP contribution is 2.31. The third kappa shape index (κ3) is 3.77. The minimum atomic E-state index is -0.277. The van der Waals surface area contributed by atoms with Crippen LogP contribution in [0.5, 0.6) is 0 Å². The number of carbonyl (C=O) groups is 1. The number of halogens is 2. The molecule has 1 fully saturated rings. The third-order valence-electron chi connectivity index (χ3n) is 4.14. The summed E-state index contributed by atoms with van der Waals surface area (Å²) in [6.45, 7) is 1.96. The molecule has 2 aromatic rings. The molecule has 126 valence electrons. The Morgan fingerprint density at radius 1 is 1.04 bits per heavy atom. The van der Waals surface area contributed by atoms with Crippen molar-refractivity contribution >= 4 is 46.2 Å². The number of carbonyl (C=O) groups excluding carboxylic acids is 1. The maximum atomic E-state index is 12.6. The first-order chi connectivity index (χ1) is 11.5. The summed E-state index contributed by atoms with van der Waals surface area (Å²) in [6, 6.07) is 10.4. The van der Waals surface area contributed by atoms with Crippen LogP contribution >= 0.6 is 23.2 Å². The van der Waals surface area contributed by atoms with Crippen LogP contribution in [0.15, 0.2) is 36.4 Å². The van der Waals surface area contributed by atoms with E-state index in [0.29, 0.717) is 27.0 Å². The molecular weight excluding hydrogens is 345 g/mol. The minimum absolute atomic E-state index is 0.277. The van der Waals surface area contributed by atoms with Crippen molar-refractivity contribution in [2.45, 2.75) is 19.3 Å². The first-order valence-corrected chi connectivity index (χ1v) is 8.71. The Bertz CT molecular complexity index is 758. The van der Waals surface area contributed by atoms with Crippen molar-refractivity contribution in [1.82, 2.24) is 0 Å². The molecule has 1 amide bonds. The molecule has 0 aliphatic carbocycles. The number of amides is 1.